The zero-order valence-electron chi connectivity index (χ0n) is 16.2. The van der Waals surface area contributed by atoms with Gasteiger partial charge in [0.15, 0.2) is 11.5 Å². The average molecular weight is 366 g/mol. The Bertz CT molecular complexity index is 794. The quantitative estimate of drug-likeness (QED) is 0.659. The van der Waals surface area contributed by atoms with Gasteiger partial charge < -0.3 is 14.4 Å². The summed E-state index contributed by atoms with van der Waals surface area (Å²) >= 11 is 0. The second-order valence-electron chi connectivity index (χ2n) is 6.33. The summed E-state index contributed by atoms with van der Waals surface area (Å²) in [5.41, 5.74) is 2.13. The number of ether oxygens (including phenoxy) is 2. The number of nitriles is 1. The molecule has 27 heavy (non-hydrogen) atoms. The van der Waals surface area contributed by atoms with Crippen molar-refractivity contribution in [2.45, 2.75) is 33.2 Å². The molecule has 0 bridgehead atoms. The Hall–Kier alpha value is -3.00. The summed E-state index contributed by atoms with van der Waals surface area (Å²) < 4.78 is 11.5. The molecule has 0 radical (unpaired) electrons. The van der Waals surface area contributed by atoms with Crippen LogP contribution in [-0.2, 0) is 6.54 Å². The van der Waals surface area contributed by atoms with Gasteiger partial charge in [0.2, 0.25) is 0 Å². The fourth-order valence-electron chi connectivity index (χ4n) is 2.55. The summed E-state index contributed by atoms with van der Waals surface area (Å²) in [5.74, 6) is 1.17. The van der Waals surface area contributed by atoms with Crippen LogP contribution < -0.4 is 9.47 Å². The van der Waals surface area contributed by atoms with E-state index < -0.39 is 0 Å². The third kappa shape index (κ3) is 5.75. The maximum Gasteiger partial charge on any atom is 0.254 e. The highest BCUT2D eigenvalue weighted by Gasteiger charge is 2.16. The third-order valence-electron chi connectivity index (χ3n) is 3.96. The molecule has 2 aromatic carbocycles. The third-order valence-corrected chi connectivity index (χ3v) is 3.96. The SMILES string of the molecule is CCCOc1ccc(C(=O)N(C)Cc2ccc(C#N)cc2)cc1OCCC. The summed E-state index contributed by atoms with van der Waals surface area (Å²) in [4.78, 5) is 14.4. The van der Waals surface area contributed by atoms with Crippen molar-refractivity contribution >= 4 is 5.91 Å². The molecule has 0 heterocycles. The molecule has 5 heteroatoms. The molecule has 0 spiro atoms. The van der Waals surface area contributed by atoms with E-state index in [1.54, 1.807) is 42.3 Å². The van der Waals surface area contributed by atoms with Crippen LogP contribution in [0.5, 0.6) is 11.5 Å². The van der Waals surface area contributed by atoms with Gasteiger partial charge in [0.1, 0.15) is 0 Å². The van der Waals surface area contributed by atoms with Crippen molar-refractivity contribution in [2.24, 2.45) is 0 Å². The maximum atomic E-state index is 12.8. The van der Waals surface area contributed by atoms with E-state index in [0.29, 0.717) is 42.4 Å². The molecule has 0 N–H and O–H groups in total. The normalized spacial score (nSPS) is 10.1. The maximum absolute atomic E-state index is 12.8. The molecule has 1 amide bonds. The Morgan fingerprint density at radius 1 is 1.00 bits per heavy atom. The molecule has 2 aromatic rings. The molecular formula is C22H26N2O3. The summed E-state index contributed by atoms with van der Waals surface area (Å²) in [6.45, 7) is 5.72. The minimum Gasteiger partial charge on any atom is -0.490 e. The van der Waals surface area contributed by atoms with Crippen LogP contribution in [0.1, 0.15) is 48.2 Å². The molecule has 0 atom stereocenters. The number of hydrogen-bond donors (Lipinski definition) is 0. The van der Waals surface area contributed by atoms with Crippen LogP contribution in [-0.4, -0.2) is 31.1 Å². The van der Waals surface area contributed by atoms with E-state index in [4.69, 9.17) is 14.7 Å². The van der Waals surface area contributed by atoms with Crippen LogP contribution in [0.15, 0.2) is 42.5 Å². The topological polar surface area (TPSA) is 62.6 Å². The van der Waals surface area contributed by atoms with Gasteiger partial charge in [0.25, 0.3) is 5.91 Å². The van der Waals surface area contributed by atoms with Crippen molar-refractivity contribution in [3.8, 4) is 17.6 Å². The van der Waals surface area contributed by atoms with Gasteiger partial charge in [-0.05, 0) is 48.7 Å². The second-order valence-corrected chi connectivity index (χ2v) is 6.33. The molecule has 0 saturated heterocycles. The Morgan fingerprint density at radius 3 is 2.22 bits per heavy atom. The number of nitrogens with zero attached hydrogens (tertiary/aromatic N) is 2. The van der Waals surface area contributed by atoms with Gasteiger partial charge in [-0.1, -0.05) is 26.0 Å². The number of rotatable bonds is 9. The minimum atomic E-state index is -0.0947. The van der Waals surface area contributed by atoms with E-state index in [9.17, 15) is 4.79 Å². The van der Waals surface area contributed by atoms with Gasteiger partial charge in [-0.15, -0.1) is 0 Å². The number of amides is 1. The van der Waals surface area contributed by atoms with E-state index in [1.165, 1.54) is 0 Å². The van der Waals surface area contributed by atoms with Crippen LogP contribution in [0.4, 0.5) is 0 Å². The smallest absolute Gasteiger partial charge is 0.254 e. The highest BCUT2D eigenvalue weighted by atomic mass is 16.5. The second kappa shape index (κ2) is 10.2. The van der Waals surface area contributed by atoms with Gasteiger partial charge >= 0.3 is 0 Å². The van der Waals surface area contributed by atoms with Crippen molar-refractivity contribution in [1.29, 1.82) is 5.26 Å². The molecule has 0 aliphatic carbocycles. The van der Waals surface area contributed by atoms with Gasteiger partial charge in [-0.2, -0.15) is 5.26 Å². The lowest BCUT2D eigenvalue weighted by Gasteiger charge is -2.19. The zero-order valence-corrected chi connectivity index (χ0v) is 16.2. The number of carbonyl (C=O) groups excluding carboxylic acids is 1. The van der Waals surface area contributed by atoms with E-state index in [2.05, 4.69) is 6.07 Å². The number of hydrogen-bond acceptors (Lipinski definition) is 4. The summed E-state index contributed by atoms with van der Waals surface area (Å²) in [5, 5.41) is 8.87. The molecular weight excluding hydrogens is 340 g/mol. The predicted molar refractivity (Wildman–Crippen MR) is 105 cm³/mol. The van der Waals surface area contributed by atoms with Crippen LogP contribution in [0.25, 0.3) is 0 Å². The lowest BCUT2D eigenvalue weighted by atomic mass is 10.1. The Kier molecular flexibility index (Phi) is 7.69. The predicted octanol–water partition coefficient (Wildman–Crippen LogP) is 4.41. The van der Waals surface area contributed by atoms with E-state index in [-0.39, 0.29) is 5.91 Å². The minimum absolute atomic E-state index is 0.0947. The Labute approximate surface area is 161 Å². The van der Waals surface area contributed by atoms with Crippen LogP contribution in [0, 0.1) is 11.3 Å². The molecule has 0 saturated carbocycles. The van der Waals surface area contributed by atoms with Crippen LogP contribution in [0.2, 0.25) is 0 Å². The molecule has 0 fully saturated rings. The van der Waals surface area contributed by atoms with Crippen molar-refractivity contribution in [3.05, 3.63) is 59.2 Å². The summed E-state index contributed by atoms with van der Waals surface area (Å²) in [6.07, 6.45) is 1.78. The van der Waals surface area contributed by atoms with Gasteiger partial charge in [0, 0.05) is 19.2 Å². The fourth-order valence-corrected chi connectivity index (χ4v) is 2.55. The molecule has 5 nitrogen and oxygen atoms in total. The highest BCUT2D eigenvalue weighted by Crippen LogP contribution is 2.29. The van der Waals surface area contributed by atoms with E-state index in [0.717, 1.165) is 18.4 Å². The van der Waals surface area contributed by atoms with E-state index in [1.807, 2.05) is 26.0 Å². The zero-order chi connectivity index (χ0) is 19.6. The number of benzene rings is 2. The van der Waals surface area contributed by atoms with Gasteiger partial charge in [0.05, 0.1) is 24.8 Å². The first kappa shape index (κ1) is 20.3. The molecule has 0 aliphatic heterocycles. The first-order valence-corrected chi connectivity index (χ1v) is 9.23. The molecule has 2 rings (SSSR count). The van der Waals surface area contributed by atoms with Crippen molar-refractivity contribution in [2.75, 3.05) is 20.3 Å². The molecule has 0 unspecified atom stereocenters. The van der Waals surface area contributed by atoms with Gasteiger partial charge in [-0.25, -0.2) is 0 Å². The van der Waals surface area contributed by atoms with Gasteiger partial charge in [-0.3, -0.25) is 4.79 Å². The van der Waals surface area contributed by atoms with Crippen LogP contribution >= 0.6 is 0 Å². The standard InChI is InChI=1S/C22H26N2O3/c1-4-12-26-20-11-10-19(14-21(20)27-13-5-2)22(25)24(3)16-18-8-6-17(15-23)7-9-18/h6-11,14H,4-5,12-13,16H2,1-3H3. The lowest BCUT2D eigenvalue weighted by molar-refractivity contribution is 0.0784. The van der Waals surface area contributed by atoms with Crippen LogP contribution in [0.3, 0.4) is 0 Å². The van der Waals surface area contributed by atoms with Crippen molar-refractivity contribution in [1.82, 2.24) is 4.90 Å². The highest BCUT2D eigenvalue weighted by molar-refractivity contribution is 5.94. The number of carbonyl (C=O) groups is 1. The summed E-state index contributed by atoms with van der Waals surface area (Å²) in [6, 6.07) is 14.6. The Balaban J connectivity index is 2.14. The summed E-state index contributed by atoms with van der Waals surface area (Å²) in [7, 11) is 1.76. The van der Waals surface area contributed by atoms with Crippen molar-refractivity contribution < 1.29 is 14.3 Å². The average Bonchev–Trinajstić information content (AvgIpc) is 2.70. The van der Waals surface area contributed by atoms with E-state index >= 15 is 0 Å². The molecule has 0 aromatic heterocycles. The first-order chi connectivity index (χ1) is 13.1. The molecule has 0 aliphatic rings. The monoisotopic (exact) mass is 366 g/mol. The molecule has 142 valence electrons. The fraction of sp³-hybridized carbons (Fsp3) is 0.364. The first-order valence-electron chi connectivity index (χ1n) is 9.23. The Morgan fingerprint density at radius 2 is 1.63 bits per heavy atom. The lowest BCUT2D eigenvalue weighted by Crippen LogP contribution is -2.26. The largest absolute Gasteiger partial charge is 0.490 e. The van der Waals surface area contributed by atoms with Crippen molar-refractivity contribution in [3.63, 3.8) is 0 Å².